The quantitative estimate of drug-likeness (QED) is 0.735. The van der Waals surface area contributed by atoms with Gasteiger partial charge < -0.3 is 14.5 Å². The minimum Gasteiger partial charge on any atom is -0.484 e. The second-order valence-corrected chi connectivity index (χ2v) is 9.19. The summed E-state index contributed by atoms with van der Waals surface area (Å²) in [6.45, 7) is 8.74. The Hall–Kier alpha value is -1.20. The van der Waals surface area contributed by atoms with Crippen molar-refractivity contribution in [2.24, 2.45) is 0 Å². The molecule has 0 aliphatic carbocycles. The third kappa shape index (κ3) is 6.15. The van der Waals surface area contributed by atoms with Crippen LogP contribution in [0.2, 0.25) is 0 Å². The molecule has 4 nitrogen and oxygen atoms in total. The first-order chi connectivity index (χ1) is 13.1. The van der Waals surface area contributed by atoms with Crippen molar-refractivity contribution in [2.45, 2.75) is 51.5 Å². The van der Waals surface area contributed by atoms with Crippen molar-refractivity contribution < 1.29 is 9.53 Å². The van der Waals surface area contributed by atoms with E-state index in [4.69, 9.17) is 4.74 Å². The van der Waals surface area contributed by atoms with Crippen molar-refractivity contribution in [3.05, 3.63) is 29.8 Å². The Morgan fingerprint density at radius 2 is 1.85 bits per heavy atom. The lowest BCUT2D eigenvalue weighted by Crippen LogP contribution is -2.50. The number of likely N-dealkylation sites (tertiary alicyclic amines) is 1. The van der Waals surface area contributed by atoms with E-state index in [1.807, 2.05) is 23.9 Å². The number of thioether (sulfide) groups is 1. The highest BCUT2D eigenvalue weighted by molar-refractivity contribution is 7.99. The van der Waals surface area contributed by atoms with Gasteiger partial charge in [-0.1, -0.05) is 32.4 Å². The van der Waals surface area contributed by atoms with Crippen molar-refractivity contribution in [1.29, 1.82) is 0 Å². The number of nitrogens with zero attached hydrogens (tertiary/aromatic N) is 2. The Morgan fingerprint density at radius 3 is 2.56 bits per heavy atom. The van der Waals surface area contributed by atoms with E-state index in [2.05, 4.69) is 35.8 Å². The van der Waals surface area contributed by atoms with E-state index in [0.717, 1.165) is 36.8 Å². The predicted molar refractivity (Wildman–Crippen MR) is 114 cm³/mol. The molecule has 150 valence electrons. The molecule has 2 aliphatic heterocycles. The molecule has 0 radical (unpaired) electrons. The second-order valence-electron chi connectivity index (χ2n) is 8.04. The molecular formula is C22H34N2O2S. The van der Waals surface area contributed by atoms with Crippen LogP contribution in [-0.4, -0.2) is 66.0 Å². The van der Waals surface area contributed by atoms with Gasteiger partial charge in [-0.15, -0.1) is 0 Å². The number of amides is 1. The Balaban J connectivity index is 1.56. The van der Waals surface area contributed by atoms with Gasteiger partial charge in [-0.25, -0.2) is 0 Å². The Labute approximate surface area is 168 Å². The summed E-state index contributed by atoms with van der Waals surface area (Å²) in [6, 6.07) is 8.45. The lowest BCUT2D eigenvalue weighted by molar-refractivity contribution is -0.135. The highest BCUT2D eigenvalue weighted by atomic mass is 32.2. The molecule has 1 atom stereocenters. The van der Waals surface area contributed by atoms with Crippen LogP contribution in [0.25, 0.3) is 0 Å². The topological polar surface area (TPSA) is 32.8 Å². The molecule has 2 fully saturated rings. The third-order valence-electron chi connectivity index (χ3n) is 5.59. The molecule has 2 heterocycles. The van der Waals surface area contributed by atoms with Gasteiger partial charge in [0.1, 0.15) is 5.75 Å². The first-order valence-electron chi connectivity index (χ1n) is 10.5. The maximum Gasteiger partial charge on any atom is 0.260 e. The fourth-order valence-electron chi connectivity index (χ4n) is 3.93. The fraction of sp³-hybridized carbons (Fsp3) is 0.682. The number of hydrogen-bond acceptors (Lipinski definition) is 4. The number of carbonyl (C=O) groups excluding carboxylic acids is 1. The van der Waals surface area contributed by atoms with Crippen LogP contribution >= 0.6 is 11.8 Å². The van der Waals surface area contributed by atoms with E-state index < -0.39 is 0 Å². The minimum atomic E-state index is 0.132. The van der Waals surface area contributed by atoms with Gasteiger partial charge in [0.05, 0.1) is 6.04 Å². The van der Waals surface area contributed by atoms with Crippen LogP contribution in [0, 0.1) is 0 Å². The fourth-order valence-corrected chi connectivity index (χ4v) is 4.98. The van der Waals surface area contributed by atoms with Gasteiger partial charge in [-0.05, 0) is 61.7 Å². The highest BCUT2D eigenvalue weighted by Crippen LogP contribution is 2.21. The summed E-state index contributed by atoms with van der Waals surface area (Å²) in [5.74, 6) is 3.62. The zero-order valence-electron chi connectivity index (χ0n) is 16.9. The lowest BCUT2D eigenvalue weighted by Gasteiger charge is -2.35. The van der Waals surface area contributed by atoms with Crippen LogP contribution in [0.15, 0.2) is 24.3 Å². The number of benzene rings is 1. The molecular weight excluding hydrogens is 356 g/mol. The summed E-state index contributed by atoms with van der Waals surface area (Å²) in [7, 11) is 0. The number of carbonyl (C=O) groups is 1. The minimum absolute atomic E-state index is 0.132. The number of hydrogen-bond donors (Lipinski definition) is 0. The molecule has 1 aromatic carbocycles. The maximum absolute atomic E-state index is 12.9. The van der Waals surface area contributed by atoms with Gasteiger partial charge in [0.15, 0.2) is 6.61 Å². The molecule has 2 aliphatic rings. The smallest absolute Gasteiger partial charge is 0.260 e. The van der Waals surface area contributed by atoms with E-state index in [9.17, 15) is 4.79 Å². The first-order valence-corrected chi connectivity index (χ1v) is 11.6. The molecule has 0 aromatic heterocycles. The van der Waals surface area contributed by atoms with Crippen LogP contribution in [0.1, 0.15) is 51.0 Å². The molecule has 3 rings (SSSR count). The monoisotopic (exact) mass is 390 g/mol. The standard InChI is InChI=1S/C22H34N2O2S/c1-18(2)19-7-9-21(10-8-19)26-16-22(25)24-13-6-14-27-17-20(24)15-23-11-4-3-5-12-23/h7-10,18,20H,3-6,11-17H2,1-2H3. The van der Waals surface area contributed by atoms with Gasteiger partial charge in [-0.3, -0.25) is 4.79 Å². The molecule has 27 heavy (non-hydrogen) atoms. The van der Waals surface area contributed by atoms with E-state index in [-0.39, 0.29) is 12.5 Å². The zero-order valence-corrected chi connectivity index (χ0v) is 17.7. The summed E-state index contributed by atoms with van der Waals surface area (Å²) in [5, 5.41) is 0. The summed E-state index contributed by atoms with van der Waals surface area (Å²) in [5.41, 5.74) is 1.29. The van der Waals surface area contributed by atoms with Gasteiger partial charge in [-0.2, -0.15) is 11.8 Å². The molecule has 2 saturated heterocycles. The Kier molecular flexibility index (Phi) is 7.89. The third-order valence-corrected chi connectivity index (χ3v) is 6.78. The first kappa shape index (κ1) is 20.5. The van der Waals surface area contributed by atoms with Gasteiger partial charge in [0.2, 0.25) is 0 Å². The van der Waals surface area contributed by atoms with Crippen molar-refractivity contribution in [1.82, 2.24) is 9.80 Å². The molecule has 0 N–H and O–H groups in total. The predicted octanol–water partition coefficient (Wildman–Crippen LogP) is 4.01. The largest absolute Gasteiger partial charge is 0.484 e. The van der Waals surface area contributed by atoms with Gasteiger partial charge in [0, 0.05) is 18.8 Å². The molecule has 1 unspecified atom stereocenters. The summed E-state index contributed by atoms with van der Waals surface area (Å²) >= 11 is 1.99. The summed E-state index contributed by atoms with van der Waals surface area (Å²) < 4.78 is 5.82. The van der Waals surface area contributed by atoms with E-state index in [0.29, 0.717) is 12.0 Å². The summed E-state index contributed by atoms with van der Waals surface area (Å²) in [6.07, 6.45) is 5.02. The van der Waals surface area contributed by atoms with E-state index in [1.54, 1.807) is 0 Å². The van der Waals surface area contributed by atoms with Crippen molar-refractivity contribution >= 4 is 17.7 Å². The normalized spacial score (nSPS) is 21.9. The maximum atomic E-state index is 12.9. The van der Waals surface area contributed by atoms with E-state index in [1.165, 1.54) is 37.9 Å². The van der Waals surface area contributed by atoms with Crippen LogP contribution in [0.4, 0.5) is 0 Å². The molecule has 5 heteroatoms. The van der Waals surface area contributed by atoms with Crippen molar-refractivity contribution in [3.63, 3.8) is 0 Å². The number of ether oxygens (including phenoxy) is 1. The van der Waals surface area contributed by atoms with Crippen LogP contribution in [0.3, 0.4) is 0 Å². The molecule has 0 saturated carbocycles. The van der Waals surface area contributed by atoms with Crippen LogP contribution in [-0.2, 0) is 4.79 Å². The van der Waals surface area contributed by atoms with E-state index >= 15 is 0 Å². The number of piperidine rings is 1. The zero-order chi connectivity index (χ0) is 19.1. The molecule has 0 spiro atoms. The van der Waals surface area contributed by atoms with Crippen LogP contribution in [0.5, 0.6) is 5.75 Å². The van der Waals surface area contributed by atoms with Crippen molar-refractivity contribution in [3.8, 4) is 5.75 Å². The van der Waals surface area contributed by atoms with Crippen LogP contribution < -0.4 is 4.74 Å². The SMILES string of the molecule is CC(C)c1ccc(OCC(=O)N2CCCSCC2CN2CCCCC2)cc1. The average molecular weight is 391 g/mol. The number of rotatable bonds is 6. The molecule has 0 bridgehead atoms. The second kappa shape index (κ2) is 10.4. The highest BCUT2D eigenvalue weighted by Gasteiger charge is 2.28. The average Bonchev–Trinajstić information content (AvgIpc) is 2.93. The molecule has 1 aromatic rings. The molecule has 1 amide bonds. The summed E-state index contributed by atoms with van der Waals surface area (Å²) in [4.78, 5) is 17.6. The van der Waals surface area contributed by atoms with Gasteiger partial charge >= 0.3 is 0 Å². The lowest BCUT2D eigenvalue weighted by atomic mass is 10.0. The van der Waals surface area contributed by atoms with Crippen molar-refractivity contribution in [2.75, 3.05) is 44.3 Å². The Morgan fingerprint density at radius 1 is 1.11 bits per heavy atom. The van der Waals surface area contributed by atoms with Gasteiger partial charge in [0.25, 0.3) is 5.91 Å². The Bertz CT molecular complexity index is 584.